The molecule has 2 aromatic carbocycles. The first-order valence-electron chi connectivity index (χ1n) is 9.43. The van der Waals surface area contributed by atoms with E-state index in [9.17, 15) is 4.79 Å². The molecule has 0 spiro atoms. The second-order valence-corrected chi connectivity index (χ2v) is 7.17. The van der Waals surface area contributed by atoms with Crippen LogP contribution in [0.4, 0.5) is 0 Å². The highest BCUT2D eigenvalue weighted by Crippen LogP contribution is 2.30. The lowest BCUT2D eigenvalue weighted by Crippen LogP contribution is -2.49. The number of amides is 1. The predicted molar refractivity (Wildman–Crippen MR) is 106 cm³/mol. The standard InChI is InChI=1S/C22H28N2O3/c1-17-7-9-19(10-8-17)27-20-6-4-3-5-18(20)15-24-21(25)22(16-26-2)11-13-23-14-12-22/h3-10,23H,11-16H2,1-2H3,(H,24,25). The zero-order valence-corrected chi connectivity index (χ0v) is 16.1. The highest BCUT2D eigenvalue weighted by Gasteiger charge is 2.39. The molecule has 1 amide bonds. The molecule has 1 fully saturated rings. The van der Waals surface area contributed by atoms with E-state index in [0.717, 1.165) is 43.0 Å². The zero-order valence-electron chi connectivity index (χ0n) is 16.1. The van der Waals surface area contributed by atoms with Gasteiger partial charge in [0.05, 0.1) is 12.0 Å². The number of nitrogens with one attached hydrogen (secondary N) is 2. The van der Waals surface area contributed by atoms with Crippen LogP contribution in [-0.4, -0.2) is 32.7 Å². The van der Waals surface area contributed by atoms with Crippen LogP contribution in [0.5, 0.6) is 11.5 Å². The van der Waals surface area contributed by atoms with Gasteiger partial charge in [0, 0.05) is 19.2 Å². The first-order valence-corrected chi connectivity index (χ1v) is 9.43. The van der Waals surface area contributed by atoms with Crippen LogP contribution in [0.2, 0.25) is 0 Å². The second kappa shape index (κ2) is 9.02. The topological polar surface area (TPSA) is 59.6 Å². The van der Waals surface area contributed by atoms with Gasteiger partial charge in [0.15, 0.2) is 0 Å². The fraction of sp³-hybridized carbons (Fsp3) is 0.409. The molecule has 27 heavy (non-hydrogen) atoms. The van der Waals surface area contributed by atoms with Gasteiger partial charge >= 0.3 is 0 Å². The highest BCUT2D eigenvalue weighted by molar-refractivity contribution is 5.83. The minimum atomic E-state index is -0.452. The van der Waals surface area contributed by atoms with Crippen LogP contribution >= 0.6 is 0 Å². The maximum atomic E-state index is 12.9. The second-order valence-electron chi connectivity index (χ2n) is 7.17. The SMILES string of the molecule is COCC1(C(=O)NCc2ccccc2Oc2ccc(C)cc2)CCNCC1. The molecule has 3 rings (SSSR count). The number of carbonyl (C=O) groups is 1. The normalized spacial score (nSPS) is 15.9. The molecule has 1 aliphatic heterocycles. The number of rotatable bonds is 7. The maximum absolute atomic E-state index is 12.9. The maximum Gasteiger partial charge on any atom is 0.228 e. The quantitative estimate of drug-likeness (QED) is 0.786. The largest absolute Gasteiger partial charge is 0.457 e. The van der Waals surface area contributed by atoms with E-state index in [1.165, 1.54) is 5.56 Å². The van der Waals surface area contributed by atoms with Crippen LogP contribution in [0, 0.1) is 12.3 Å². The number of para-hydroxylation sites is 1. The van der Waals surface area contributed by atoms with Gasteiger partial charge in [0.2, 0.25) is 5.91 Å². The summed E-state index contributed by atoms with van der Waals surface area (Å²) in [5.74, 6) is 1.59. The van der Waals surface area contributed by atoms with Crippen LogP contribution in [0.15, 0.2) is 48.5 Å². The number of benzene rings is 2. The summed E-state index contributed by atoms with van der Waals surface area (Å²) in [4.78, 5) is 12.9. The molecule has 0 aliphatic carbocycles. The van der Waals surface area contributed by atoms with E-state index in [0.29, 0.717) is 13.2 Å². The molecule has 1 aliphatic rings. The molecular weight excluding hydrogens is 340 g/mol. The summed E-state index contributed by atoms with van der Waals surface area (Å²) in [6.45, 7) is 4.60. The molecule has 0 aromatic heterocycles. The number of aryl methyl sites for hydroxylation is 1. The van der Waals surface area contributed by atoms with Crippen molar-refractivity contribution in [2.45, 2.75) is 26.3 Å². The minimum absolute atomic E-state index is 0.0518. The zero-order chi connectivity index (χ0) is 19.1. The van der Waals surface area contributed by atoms with Gasteiger partial charge in [-0.15, -0.1) is 0 Å². The van der Waals surface area contributed by atoms with Crippen molar-refractivity contribution in [3.05, 3.63) is 59.7 Å². The lowest BCUT2D eigenvalue weighted by molar-refractivity contribution is -0.136. The Hall–Kier alpha value is -2.37. The molecule has 0 saturated carbocycles. The van der Waals surface area contributed by atoms with E-state index in [4.69, 9.17) is 9.47 Å². The van der Waals surface area contributed by atoms with Gasteiger partial charge in [-0.1, -0.05) is 35.9 Å². The molecule has 0 atom stereocenters. The van der Waals surface area contributed by atoms with Crippen molar-refractivity contribution in [3.8, 4) is 11.5 Å². The fourth-order valence-corrected chi connectivity index (χ4v) is 3.46. The lowest BCUT2D eigenvalue weighted by atomic mass is 9.78. The predicted octanol–water partition coefficient (Wildman–Crippen LogP) is 3.42. The summed E-state index contributed by atoms with van der Waals surface area (Å²) in [5, 5.41) is 6.41. The van der Waals surface area contributed by atoms with Crippen molar-refractivity contribution in [1.29, 1.82) is 0 Å². The summed E-state index contributed by atoms with van der Waals surface area (Å²) >= 11 is 0. The molecule has 5 heteroatoms. The molecule has 0 unspecified atom stereocenters. The molecule has 144 valence electrons. The Labute approximate surface area is 161 Å². The Morgan fingerprint density at radius 3 is 2.52 bits per heavy atom. The van der Waals surface area contributed by atoms with Crippen molar-refractivity contribution in [2.75, 3.05) is 26.8 Å². The average molecular weight is 368 g/mol. The third kappa shape index (κ3) is 4.87. The van der Waals surface area contributed by atoms with Crippen molar-refractivity contribution in [3.63, 3.8) is 0 Å². The van der Waals surface area contributed by atoms with E-state index in [1.54, 1.807) is 7.11 Å². The Bertz CT molecular complexity index is 747. The Balaban J connectivity index is 1.68. The van der Waals surface area contributed by atoms with E-state index in [-0.39, 0.29) is 5.91 Å². The number of hydrogen-bond donors (Lipinski definition) is 2. The molecule has 2 N–H and O–H groups in total. The Morgan fingerprint density at radius 1 is 1.11 bits per heavy atom. The van der Waals surface area contributed by atoms with E-state index in [1.807, 2.05) is 55.5 Å². The summed E-state index contributed by atoms with van der Waals surface area (Å²) in [5.41, 5.74) is 1.69. The van der Waals surface area contributed by atoms with Gasteiger partial charge in [-0.2, -0.15) is 0 Å². The van der Waals surface area contributed by atoms with Gasteiger partial charge in [-0.05, 0) is 51.1 Å². The van der Waals surface area contributed by atoms with Crippen LogP contribution in [-0.2, 0) is 16.1 Å². The van der Waals surface area contributed by atoms with Crippen LogP contribution in [0.25, 0.3) is 0 Å². The minimum Gasteiger partial charge on any atom is -0.457 e. The first-order chi connectivity index (χ1) is 13.1. The number of piperidine rings is 1. The smallest absolute Gasteiger partial charge is 0.228 e. The Morgan fingerprint density at radius 2 is 1.81 bits per heavy atom. The molecule has 1 saturated heterocycles. The van der Waals surface area contributed by atoms with Gasteiger partial charge in [0.25, 0.3) is 0 Å². The summed E-state index contributed by atoms with van der Waals surface area (Å²) in [6.07, 6.45) is 1.57. The summed E-state index contributed by atoms with van der Waals surface area (Å²) < 4.78 is 11.4. The molecule has 0 bridgehead atoms. The molecule has 5 nitrogen and oxygen atoms in total. The number of carbonyl (C=O) groups excluding carboxylic acids is 1. The molecule has 2 aromatic rings. The number of hydrogen-bond acceptors (Lipinski definition) is 4. The molecular formula is C22H28N2O3. The van der Waals surface area contributed by atoms with E-state index < -0.39 is 5.41 Å². The first kappa shape index (κ1) is 19.4. The van der Waals surface area contributed by atoms with Crippen LogP contribution < -0.4 is 15.4 Å². The average Bonchev–Trinajstić information content (AvgIpc) is 2.70. The number of ether oxygens (including phenoxy) is 2. The Kier molecular flexibility index (Phi) is 6.48. The third-order valence-electron chi connectivity index (χ3n) is 5.12. The summed E-state index contributed by atoms with van der Waals surface area (Å²) in [7, 11) is 1.65. The summed E-state index contributed by atoms with van der Waals surface area (Å²) in [6, 6.07) is 15.7. The number of methoxy groups -OCH3 is 1. The van der Waals surface area contributed by atoms with Crippen molar-refractivity contribution < 1.29 is 14.3 Å². The van der Waals surface area contributed by atoms with E-state index in [2.05, 4.69) is 10.6 Å². The van der Waals surface area contributed by atoms with Gasteiger partial charge in [-0.25, -0.2) is 0 Å². The fourth-order valence-electron chi connectivity index (χ4n) is 3.46. The molecule has 0 radical (unpaired) electrons. The van der Waals surface area contributed by atoms with Crippen LogP contribution in [0.3, 0.4) is 0 Å². The van der Waals surface area contributed by atoms with Gasteiger partial charge < -0.3 is 20.1 Å². The van der Waals surface area contributed by atoms with Crippen molar-refractivity contribution >= 4 is 5.91 Å². The van der Waals surface area contributed by atoms with Gasteiger partial charge in [-0.3, -0.25) is 4.79 Å². The lowest BCUT2D eigenvalue weighted by Gasteiger charge is -2.35. The third-order valence-corrected chi connectivity index (χ3v) is 5.12. The van der Waals surface area contributed by atoms with Gasteiger partial charge in [0.1, 0.15) is 11.5 Å². The molecule has 1 heterocycles. The van der Waals surface area contributed by atoms with E-state index >= 15 is 0 Å². The van der Waals surface area contributed by atoms with Crippen LogP contribution in [0.1, 0.15) is 24.0 Å². The monoisotopic (exact) mass is 368 g/mol. The van der Waals surface area contributed by atoms with Crippen molar-refractivity contribution in [2.24, 2.45) is 5.41 Å². The van der Waals surface area contributed by atoms with Crippen molar-refractivity contribution in [1.82, 2.24) is 10.6 Å². The highest BCUT2D eigenvalue weighted by atomic mass is 16.5.